The average Bonchev–Trinajstić information content (AvgIpc) is 2.77. The quantitative estimate of drug-likeness (QED) is 0.130. The van der Waals surface area contributed by atoms with Crippen molar-refractivity contribution in [3.05, 3.63) is 0 Å². The van der Waals surface area contributed by atoms with Crippen LogP contribution in [0.2, 0.25) is 0 Å². The van der Waals surface area contributed by atoms with Crippen LogP contribution in [0.1, 0.15) is 12.8 Å². The summed E-state index contributed by atoms with van der Waals surface area (Å²) in [6, 6.07) is 0. The molecule has 0 aromatic heterocycles. The molecule has 0 aromatic rings. The lowest BCUT2D eigenvalue weighted by atomic mass is 9.99. The van der Waals surface area contributed by atoms with E-state index in [1.54, 1.807) is 0 Å². The predicted molar refractivity (Wildman–Crippen MR) is 99.5 cm³/mol. The molecule has 0 bridgehead atoms. The average molecular weight is 458 g/mol. The first kappa shape index (κ1) is 26.7. The molecule has 2 aliphatic heterocycles. The van der Waals surface area contributed by atoms with Crippen LogP contribution in [-0.2, 0) is 23.7 Å². The SMILES string of the molecule is OC[C@H]1OC(OCCCOCCCOC2O[C@H](CO)[C@H](O)[C@H](O)[C@H]2O)[C@H](O)[C@@H](O)[C@H]1O. The minimum atomic E-state index is -1.49. The largest absolute Gasteiger partial charge is 0.394 e. The van der Waals surface area contributed by atoms with E-state index in [-0.39, 0.29) is 13.2 Å². The molecule has 0 radical (unpaired) electrons. The molecule has 0 amide bonds. The number of aliphatic hydroxyl groups is 8. The molecule has 2 aliphatic rings. The Kier molecular flexibility index (Phi) is 11.4. The summed E-state index contributed by atoms with van der Waals surface area (Å²) in [5.41, 5.74) is 0. The summed E-state index contributed by atoms with van der Waals surface area (Å²) in [5, 5.41) is 76.7. The lowest BCUT2D eigenvalue weighted by Crippen LogP contribution is -2.59. The fourth-order valence-corrected chi connectivity index (χ4v) is 3.23. The van der Waals surface area contributed by atoms with Crippen LogP contribution in [0.25, 0.3) is 0 Å². The predicted octanol–water partition coefficient (Wildman–Crippen LogP) is -4.58. The number of aliphatic hydroxyl groups excluding tert-OH is 8. The van der Waals surface area contributed by atoms with E-state index in [1.165, 1.54) is 0 Å². The first-order chi connectivity index (χ1) is 14.8. The van der Waals surface area contributed by atoms with Gasteiger partial charge in [0.15, 0.2) is 12.6 Å². The zero-order chi connectivity index (χ0) is 23.0. The fourth-order valence-electron chi connectivity index (χ4n) is 3.23. The molecule has 8 N–H and O–H groups in total. The third-order valence-electron chi connectivity index (χ3n) is 5.13. The molecular weight excluding hydrogens is 424 g/mol. The smallest absolute Gasteiger partial charge is 0.186 e. The molecule has 184 valence electrons. The Hall–Kier alpha value is -0.520. The molecular formula is C18H34O13. The normalized spacial score (nSPS) is 41.4. The topological polar surface area (TPSA) is 208 Å². The highest BCUT2D eigenvalue weighted by Gasteiger charge is 2.44. The van der Waals surface area contributed by atoms with Crippen molar-refractivity contribution in [2.75, 3.05) is 39.6 Å². The van der Waals surface area contributed by atoms with Crippen LogP contribution in [0.4, 0.5) is 0 Å². The van der Waals surface area contributed by atoms with Crippen molar-refractivity contribution in [3.8, 4) is 0 Å². The van der Waals surface area contributed by atoms with Crippen LogP contribution in [0.3, 0.4) is 0 Å². The second-order valence-electron chi connectivity index (χ2n) is 7.46. The molecule has 0 aliphatic carbocycles. The van der Waals surface area contributed by atoms with Gasteiger partial charge in [0, 0.05) is 13.2 Å². The summed E-state index contributed by atoms with van der Waals surface area (Å²) in [7, 11) is 0. The molecule has 13 heteroatoms. The highest BCUT2D eigenvalue weighted by molar-refractivity contribution is 4.89. The maximum absolute atomic E-state index is 9.85. The minimum absolute atomic E-state index is 0.143. The van der Waals surface area contributed by atoms with Crippen molar-refractivity contribution in [2.45, 2.75) is 74.3 Å². The number of rotatable bonds is 12. The van der Waals surface area contributed by atoms with Gasteiger partial charge in [-0.2, -0.15) is 0 Å². The van der Waals surface area contributed by atoms with Gasteiger partial charge in [-0.15, -0.1) is 0 Å². The van der Waals surface area contributed by atoms with Crippen molar-refractivity contribution in [1.82, 2.24) is 0 Å². The second kappa shape index (κ2) is 13.3. The van der Waals surface area contributed by atoms with E-state index in [4.69, 9.17) is 33.9 Å². The molecule has 0 saturated carbocycles. The van der Waals surface area contributed by atoms with Gasteiger partial charge in [-0.3, -0.25) is 0 Å². The third-order valence-corrected chi connectivity index (χ3v) is 5.13. The molecule has 2 unspecified atom stereocenters. The minimum Gasteiger partial charge on any atom is -0.394 e. The third kappa shape index (κ3) is 7.23. The molecule has 2 saturated heterocycles. The maximum Gasteiger partial charge on any atom is 0.186 e. The molecule has 2 heterocycles. The summed E-state index contributed by atoms with van der Waals surface area (Å²) in [6.45, 7) is -0.138. The number of hydrogen-bond acceptors (Lipinski definition) is 13. The van der Waals surface area contributed by atoms with Crippen molar-refractivity contribution < 1.29 is 64.5 Å². The number of hydrogen-bond donors (Lipinski definition) is 8. The molecule has 13 nitrogen and oxygen atoms in total. The van der Waals surface area contributed by atoms with E-state index in [2.05, 4.69) is 0 Å². The monoisotopic (exact) mass is 458 g/mol. The van der Waals surface area contributed by atoms with Crippen LogP contribution < -0.4 is 0 Å². The first-order valence-electron chi connectivity index (χ1n) is 10.2. The molecule has 2 fully saturated rings. The van der Waals surface area contributed by atoms with E-state index < -0.39 is 74.6 Å². The standard InChI is InChI=1S/C18H34O13/c19-7-9-11(21)13(23)15(25)17(30-9)28-5-1-3-27-4-2-6-29-18-16(26)14(24)12(22)10(8-20)31-18/h9-26H,1-8H2/t9-,10-,11+,12+,13+,14+,15-,16-,17?,18?/m1/s1. The van der Waals surface area contributed by atoms with Gasteiger partial charge >= 0.3 is 0 Å². The molecule has 0 spiro atoms. The van der Waals surface area contributed by atoms with Gasteiger partial charge in [0.1, 0.15) is 48.8 Å². The molecule has 2 rings (SSSR count). The van der Waals surface area contributed by atoms with Gasteiger partial charge < -0.3 is 64.5 Å². The van der Waals surface area contributed by atoms with Crippen molar-refractivity contribution in [2.24, 2.45) is 0 Å². The molecule has 10 atom stereocenters. The summed E-state index contributed by atoms with van der Waals surface area (Å²) < 4.78 is 26.5. The van der Waals surface area contributed by atoms with Crippen LogP contribution in [0.5, 0.6) is 0 Å². The van der Waals surface area contributed by atoms with Crippen molar-refractivity contribution in [1.29, 1.82) is 0 Å². The van der Waals surface area contributed by atoms with Gasteiger partial charge in [0.05, 0.1) is 26.4 Å². The second-order valence-corrected chi connectivity index (χ2v) is 7.46. The zero-order valence-electron chi connectivity index (χ0n) is 17.0. The Morgan fingerprint density at radius 3 is 1.26 bits per heavy atom. The van der Waals surface area contributed by atoms with Crippen LogP contribution in [0, 0.1) is 0 Å². The highest BCUT2D eigenvalue weighted by atomic mass is 16.7. The molecule has 31 heavy (non-hydrogen) atoms. The zero-order valence-corrected chi connectivity index (χ0v) is 17.0. The molecule has 0 aromatic carbocycles. The van der Waals surface area contributed by atoms with Crippen LogP contribution in [-0.4, -0.2) is 142 Å². The summed E-state index contributed by atoms with van der Waals surface area (Å²) in [5.74, 6) is 0. The fraction of sp³-hybridized carbons (Fsp3) is 1.00. The number of ether oxygens (including phenoxy) is 5. The van der Waals surface area contributed by atoms with Crippen LogP contribution in [0.15, 0.2) is 0 Å². The van der Waals surface area contributed by atoms with Crippen molar-refractivity contribution in [3.63, 3.8) is 0 Å². The van der Waals surface area contributed by atoms with E-state index >= 15 is 0 Å². The summed E-state index contributed by atoms with van der Waals surface area (Å²) in [6.07, 6.45) is -12.3. The van der Waals surface area contributed by atoms with Gasteiger partial charge in [-0.25, -0.2) is 0 Å². The van der Waals surface area contributed by atoms with Crippen LogP contribution >= 0.6 is 0 Å². The Bertz CT molecular complexity index is 451. The first-order valence-corrected chi connectivity index (χ1v) is 10.2. The Balaban J connectivity index is 1.53. The Morgan fingerprint density at radius 2 is 0.903 bits per heavy atom. The highest BCUT2D eigenvalue weighted by Crippen LogP contribution is 2.23. The lowest BCUT2D eigenvalue weighted by molar-refractivity contribution is -0.301. The van der Waals surface area contributed by atoms with Gasteiger partial charge in [0.2, 0.25) is 0 Å². The van der Waals surface area contributed by atoms with Crippen molar-refractivity contribution >= 4 is 0 Å². The van der Waals surface area contributed by atoms with Gasteiger partial charge in [-0.1, -0.05) is 0 Å². The lowest BCUT2D eigenvalue weighted by Gasteiger charge is -2.39. The van der Waals surface area contributed by atoms with Gasteiger partial charge in [0.25, 0.3) is 0 Å². The maximum atomic E-state index is 9.85. The van der Waals surface area contributed by atoms with E-state index in [1.807, 2.05) is 0 Å². The van der Waals surface area contributed by atoms with E-state index in [0.29, 0.717) is 26.1 Å². The Morgan fingerprint density at radius 1 is 0.516 bits per heavy atom. The van der Waals surface area contributed by atoms with E-state index in [9.17, 15) is 30.6 Å². The Labute approximate surface area is 179 Å². The summed E-state index contributed by atoms with van der Waals surface area (Å²) in [4.78, 5) is 0. The van der Waals surface area contributed by atoms with E-state index in [0.717, 1.165) is 0 Å². The summed E-state index contributed by atoms with van der Waals surface area (Å²) >= 11 is 0. The van der Waals surface area contributed by atoms with Gasteiger partial charge in [-0.05, 0) is 12.8 Å².